The number of nitrogens with one attached hydrogen (secondary N) is 1. The van der Waals surface area contributed by atoms with Crippen molar-refractivity contribution in [1.29, 1.82) is 0 Å². The van der Waals surface area contributed by atoms with E-state index in [0.29, 0.717) is 16.3 Å². The Morgan fingerprint density at radius 1 is 1.35 bits per heavy atom. The van der Waals surface area contributed by atoms with Crippen LogP contribution in [0.25, 0.3) is 0 Å². The Hall–Kier alpha value is -1.94. The van der Waals surface area contributed by atoms with E-state index in [9.17, 15) is 4.79 Å². The number of furan rings is 1. The van der Waals surface area contributed by atoms with Crippen LogP contribution in [0.2, 0.25) is 5.02 Å². The lowest BCUT2D eigenvalue weighted by Gasteiger charge is -2.16. The minimum atomic E-state index is -0.0598. The lowest BCUT2D eigenvalue weighted by molar-refractivity contribution is 0.0827. The lowest BCUT2D eigenvalue weighted by Crippen LogP contribution is -2.21. The van der Waals surface area contributed by atoms with Crippen molar-refractivity contribution in [3.8, 4) is 0 Å². The molecular formula is C15H17ClN2O2. The molecule has 0 saturated heterocycles. The summed E-state index contributed by atoms with van der Waals surface area (Å²) >= 11 is 6.17. The second kappa shape index (κ2) is 6.01. The zero-order valence-corrected chi connectivity index (χ0v) is 12.4. The van der Waals surface area contributed by atoms with Gasteiger partial charge in [-0.3, -0.25) is 4.79 Å². The smallest absolute Gasteiger partial charge is 0.253 e. The average Bonchev–Trinajstić information content (AvgIpc) is 2.94. The van der Waals surface area contributed by atoms with Crippen LogP contribution < -0.4 is 5.32 Å². The highest BCUT2D eigenvalue weighted by atomic mass is 35.5. The van der Waals surface area contributed by atoms with Crippen LogP contribution in [0, 0.1) is 0 Å². The Kier molecular flexibility index (Phi) is 4.35. The number of carbonyl (C=O) groups excluding carboxylic acids is 1. The van der Waals surface area contributed by atoms with Crippen LogP contribution in [0.4, 0.5) is 5.69 Å². The molecule has 0 spiro atoms. The first-order valence-electron chi connectivity index (χ1n) is 6.30. The van der Waals surface area contributed by atoms with Gasteiger partial charge < -0.3 is 14.6 Å². The minimum absolute atomic E-state index is 0.0350. The number of rotatable bonds is 4. The van der Waals surface area contributed by atoms with Gasteiger partial charge in [-0.1, -0.05) is 11.6 Å². The van der Waals surface area contributed by atoms with Gasteiger partial charge >= 0.3 is 0 Å². The zero-order valence-electron chi connectivity index (χ0n) is 11.7. The standard InChI is InChI=1S/C15H17ClN2O2/c1-10(14-5-4-8-20-14)17-13-9-11(6-7-12(13)16)15(19)18(2)3/h4-10,17H,1-3H3. The molecule has 0 aliphatic heterocycles. The van der Waals surface area contributed by atoms with Crippen LogP contribution in [0.1, 0.15) is 29.1 Å². The van der Waals surface area contributed by atoms with Gasteiger partial charge in [0.15, 0.2) is 0 Å². The van der Waals surface area contributed by atoms with E-state index in [0.717, 1.165) is 5.76 Å². The molecule has 2 aromatic rings. The number of nitrogens with zero attached hydrogens (tertiary/aromatic N) is 1. The third kappa shape index (κ3) is 3.14. The molecule has 0 saturated carbocycles. The number of hydrogen-bond donors (Lipinski definition) is 1. The Balaban J connectivity index is 2.23. The van der Waals surface area contributed by atoms with Crippen LogP contribution in [-0.2, 0) is 0 Å². The predicted molar refractivity (Wildman–Crippen MR) is 80.2 cm³/mol. The molecule has 20 heavy (non-hydrogen) atoms. The number of benzene rings is 1. The molecule has 1 heterocycles. The Bertz CT molecular complexity index is 594. The highest BCUT2D eigenvalue weighted by molar-refractivity contribution is 6.33. The summed E-state index contributed by atoms with van der Waals surface area (Å²) < 4.78 is 5.34. The first-order chi connectivity index (χ1) is 9.49. The second-order valence-electron chi connectivity index (χ2n) is 4.78. The minimum Gasteiger partial charge on any atom is -0.467 e. The summed E-state index contributed by atoms with van der Waals surface area (Å²) in [5, 5.41) is 3.82. The van der Waals surface area contributed by atoms with E-state index in [4.69, 9.17) is 16.0 Å². The average molecular weight is 293 g/mol. The molecule has 1 N–H and O–H groups in total. The Morgan fingerprint density at radius 2 is 2.10 bits per heavy atom. The fourth-order valence-electron chi connectivity index (χ4n) is 1.87. The van der Waals surface area contributed by atoms with E-state index in [-0.39, 0.29) is 11.9 Å². The van der Waals surface area contributed by atoms with Crippen molar-refractivity contribution in [2.45, 2.75) is 13.0 Å². The highest BCUT2D eigenvalue weighted by Gasteiger charge is 2.13. The quantitative estimate of drug-likeness (QED) is 0.932. The predicted octanol–water partition coefficient (Wildman–Crippen LogP) is 3.81. The van der Waals surface area contributed by atoms with Crippen LogP contribution >= 0.6 is 11.6 Å². The number of anilines is 1. The summed E-state index contributed by atoms with van der Waals surface area (Å²) in [4.78, 5) is 13.5. The molecule has 1 atom stereocenters. The van der Waals surface area contributed by atoms with Crippen molar-refractivity contribution in [3.05, 3.63) is 52.9 Å². The maximum Gasteiger partial charge on any atom is 0.253 e. The molecule has 0 aliphatic rings. The van der Waals surface area contributed by atoms with E-state index in [1.54, 1.807) is 38.6 Å². The third-order valence-corrected chi connectivity index (χ3v) is 3.29. The SMILES string of the molecule is CC(Nc1cc(C(=O)N(C)C)ccc1Cl)c1ccco1. The van der Waals surface area contributed by atoms with Gasteiger partial charge in [0.1, 0.15) is 5.76 Å². The third-order valence-electron chi connectivity index (χ3n) is 2.96. The molecule has 4 nitrogen and oxygen atoms in total. The number of hydrogen-bond acceptors (Lipinski definition) is 3. The number of carbonyl (C=O) groups is 1. The summed E-state index contributed by atoms with van der Waals surface area (Å²) in [5.41, 5.74) is 1.30. The summed E-state index contributed by atoms with van der Waals surface area (Å²) in [5.74, 6) is 0.751. The van der Waals surface area contributed by atoms with E-state index in [1.807, 2.05) is 19.1 Å². The molecule has 0 bridgehead atoms. The van der Waals surface area contributed by atoms with E-state index in [2.05, 4.69) is 5.32 Å². The maximum absolute atomic E-state index is 12.0. The molecule has 0 aliphatic carbocycles. The van der Waals surface area contributed by atoms with Crippen LogP contribution in [0.15, 0.2) is 41.0 Å². The number of halogens is 1. The van der Waals surface area contributed by atoms with Gasteiger partial charge in [-0.05, 0) is 37.3 Å². The molecule has 5 heteroatoms. The summed E-state index contributed by atoms with van der Waals surface area (Å²) in [6.45, 7) is 1.97. The van der Waals surface area contributed by atoms with Gasteiger partial charge in [0, 0.05) is 19.7 Å². The largest absolute Gasteiger partial charge is 0.467 e. The lowest BCUT2D eigenvalue weighted by atomic mass is 10.1. The molecule has 1 aromatic heterocycles. The van der Waals surface area contributed by atoms with Crippen molar-refractivity contribution >= 4 is 23.2 Å². The first kappa shape index (κ1) is 14.5. The van der Waals surface area contributed by atoms with Gasteiger partial charge in [-0.25, -0.2) is 0 Å². The topological polar surface area (TPSA) is 45.5 Å². The van der Waals surface area contributed by atoms with Gasteiger partial charge in [0.2, 0.25) is 0 Å². The van der Waals surface area contributed by atoms with Crippen molar-refractivity contribution < 1.29 is 9.21 Å². The molecule has 1 aromatic carbocycles. The summed E-state index contributed by atoms with van der Waals surface area (Å²) in [6.07, 6.45) is 1.63. The fourth-order valence-corrected chi connectivity index (χ4v) is 2.04. The molecule has 1 amide bonds. The van der Waals surface area contributed by atoms with Gasteiger partial charge in [0.05, 0.1) is 23.0 Å². The van der Waals surface area contributed by atoms with Gasteiger partial charge in [-0.15, -0.1) is 0 Å². The van der Waals surface area contributed by atoms with Gasteiger partial charge in [0.25, 0.3) is 5.91 Å². The van der Waals surface area contributed by atoms with E-state index >= 15 is 0 Å². The zero-order chi connectivity index (χ0) is 14.7. The molecule has 2 rings (SSSR count). The Morgan fingerprint density at radius 3 is 2.70 bits per heavy atom. The highest BCUT2D eigenvalue weighted by Crippen LogP contribution is 2.27. The van der Waals surface area contributed by atoms with Crippen molar-refractivity contribution in [1.82, 2.24) is 4.90 Å². The van der Waals surface area contributed by atoms with Crippen molar-refractivity contribution in [3.63, 3.8) is 0 Å². The summed E-state index contributed by atoms with van der Waals surface area (Å²) in [6, 6.07) is 8.88. The molecule has 0 fully saturated rings. The summed E-state index contributed by atoms with van der Waals surface area (Å²) in [7, 11) is 3.44. The van der Waals surface area contributed by atoms with Crippen LogP contribution in [0.5, 0.6) is 0 Å². The van der Waals surface area contributed by atoms with Crippen molar-refractivity contribution in [2.24, 2.45) is 0 Å². The second-order valence-corrected chi connectivity index (χ2v) is 5.18. The monoisotopic (exact) mass is 292 g/mol. The molecule has 1 unspecified atom stereocenters. The molecule has 106 valence electrons. The molecule has 0 radical (unpaired) electrons. The van der Waals surface area contributed by atoms with E-state index in [1.165, 1.54) is 4.90 Å². The normalized spacial score (nSPS) is 12.0. The molecular weight excluding hydrogens is 276 g/mol. The Labute approximate surface area is 123 Å². The fraction of sp³-hybridized carbons (Fsp3) is 0.267. The van der Waals surface area contributed by atoms with Crippen LogP contribution in [0.3, 0.4) is 0 Å². The van der Waals surface area contributed by atoms with Crippen molar-refractivity contribution in [2.75, 3.05) is 19.4 Å². The number of amides is 1. The first-order valence-corrected chi connectivity index (χ1v) is 6.68. The van der Waals surface area contributed by atoms with E-state index < -0.39 is 0 Å². The van der Waals surface area contributed by atoms with Gasteiger partial charge in [-0.2, -0.15) is 0 Å². The van der Waals surface area contributed by atoms with Crippen LogP contribution in [-0.4, -0.2) is 24.9 Å². The maximum atomic E-state index is 12.0.